The van der Waals surface area contributed by atoms with E-state index in [1.54, 1.807) is 29.2 Å². The second-order valence-corrected chi connectivity index (χ2v) is 3.42. The van der Waals surface area contributed by atoms with Crippen LogP contribution in [-0.4, -0.2) is 14.7 Å². The summed E-state index contributed by atoms with van der Waals surface area (Å²) >= 11 is 0. The Morgan fingerprint density at radius 2 is 2.27 bits per heavy atom. The van der Waals surface area contributed by atoms with E-state index in [4.69, 9.17) is 0 Å². The number of nitrogens with zero attached hydrogens (tertiary/aromatic N) is 2. The first-order valence-electron chi connectivity index (χ1n) is 4.58. The lowest BCUT2D eigenvalue weighted by Gasteiger charge is -2.07. The van der Waals surface area contributed by atoms with Crippen molar-refractivity contribution in [2.75, 3.05) is 0 Å². The molecular formula is C11H11FN2O. The van der Waals surface area contributed by atoms with Crippen LogP contribution in [0.25, 0.3) is 0 Å². The van der Waals surface area contributed by atoms with Gasteiger partial charge in [0.1, 0.15) is 11.9 Å². The Balaban J connectivity index is 2.32. The van der Waals surface area contributed by atoms with Gasteiger partial charge in [-0.25, -0.2) is 9.37 Å². The number of imidazole rings is 1. The quantitative estimate of drug-likeness (QED) is 0.811. The minimum atomic E-state index is -0.873. The summed E-state index contributed by atoms with van der Waals surface area (Å²) in [6.45, 7) is 0. The lowest BCUT2D eigenvalue weighted by molar-refractivity contribution is 0.215. The minimum Gasteiger partial charge on any atom is -0.382 e. The molecule has 0 saturated heterocycles. The van der Waals surface area contributed by atoms with Gasteiger partial charge in [-0.1, -0.05) is 12.1 Å². The number of benzene rings is 1. The second-order valence-electron chi connectivity index (χ2n) is 3.42. The number of hydrogen-bond acceptors (Lipinski definition) is 2. The standard InChI is InChI=1S/C11H11FN2O/c1-14-6-10(13-7-14)11(15)8-3-2-4-9(12)5-8/h2-7,11,15H,1H3. The van der Waals surface area contributed by atoms with Crippen LogP contribution in [0.2, 0.25) is 0 Å². The summed E-state index contributed by atoms with van der Waals surface area (Å²) in [6.07, 6.45) is 2.43. The monoisotopic (exact) mass is 206 g/mol. The molecule has 0 radical (unpaired) electrons. The Bertz CT molecular complexity index is 467. The number of hydrogen-bond donors (Lipinski definition) is 1. The van der Waals surface area contributed by atoms with Crippen LogP contribution in [0.5, 0.6) is 0 Å². The fourth-order valence-corrected chi connectivity index (χ4v) is 1.42. The highest BCUT2D eigenvalue weighted by Crippen LogP contribution is 2.20. The molecule has 1 unspecified atom stereocenters. The van der Waals surface area contributed by atoms with Crippen molar-refractivity contribution in [3.63, 3.8) is 0 Å². The molecule has 0 amide bonds. The molecule has 3 nitrogen and oxygen atoms in total. The first-order chi connectivity index (χ1) is 7.16. The van der Waals surface area contributed by atoms with Gasteiger partial charge in [0.15, 0.2) is 0 Å². The lowest BCUT2D eigenvalue weighted by Crippen LogP contribution is -2.00. The van der Waals surface area contributed by atoms with Crippen LogP contribution < -0.4 is 0 Å². The van der Waals surface area contributed by atoms with Crippen molar-refractivity contribution in [1.29, 1.82) is 0 Å². The zero-order valence-corrected chi connectivity index (χ0v) is 8.26. The van der Waals surface area contributed by atoms with Crippen LogP contribution in [0.1, 0.15) is 17.4 Å². The average Bonchev–Trinajstić information content (AvgIpc) is 2.64. The van der Waals surface area contributed by atoms with Gasteiger partial charge in [-0.2, -0.15) is 0 Å². The molecule has 15 heavy (non-hydrogen) atoms. The Kier molecular flexibility index (Phi) is 2.51. The van der Waals surface area contributed by atoms with Gasteiger partial charge in [0.05, 0.1) is 12.0 Å². The average molecular weight is 206 g/mol. The second kappa shape index (κ2) is 3.82. The van der Waals surface area contributed by atoms with Gasteiger partial charge in [0, 0.05) is 13.2 Å². The van der Waals surface area contributed by atoms with Gasteiger partial charge in [0.2, 0.25) is 0 Å². The van der Waals surface area contributed by atoms with Crippen LogP contribution in [0.15, 0.2) is 36.8 Å². The molecule has 1 aromatic carbocycles. The fourth-order valence-electron chi connectivity index (χ4n) is 1.42. The Morgan fingerprint density at radius 1 is 1.47 bits per heavy atom. The van der Waals surface area contributed by atoms with Crippen LogP contribution in [0, 0.1) is 5.82 Å². The third kappa shape index (κ3) is 2.05. The zero-order chi connectivity index (χ0) is 10.8. The summed E-state index contributed by atoms with van der Waals surface area (Å²) < 4.78 is 14.6. The molecule has 1 N–H and O–H groups in total. The molecule has 78 valence electrons. The summed E-state index contributed by atoms with van der Waals surface area (Å²) in [6, 6.07) is 5.88. The van der Waals surface area contributed by atoms with Crippen molar-refractivity contribution in [2.24, 2.45) is 7.05 Å². The molecule has 2 aromatic rings. The van der Waals surface area contributed by atoms with E-state index in [1.165, 1.54) is 12.1 Å². The van der Waals surface area contributed by atoms with E-state index >= 15 is 0 Å². The number of halogens is 1. The number of aliphatic hydroxyl groups excluding tert-OH is 1. The Hall–Kier alpha value is -1.68. The van der Waals surface area contributed by atoms with E-state index < -0.39 is 6.10 Å². The van der Waals surface area contributed by atoms with Crippen LogP contribution in [-0.2, 0) is 7.05 Å². The van der Waals surface area contributed by atoms with Crippen molar-refractivity contribution in [2.45, 2.75) is 6.10 Å². The molecule has 0 aliphatic carbocycles. The third-order valence-corrected chi connectivity index (χ3v) is 2.17. The highest BCUT2D eigenvalue weighted by atomic mass is 19.1. The molecule has 1 atom stereocenters. The predicted octanol–water partition coefficient (Wildman–Crippen LogP) is 1.64. The van der Waals surface area contributed by atoms with Gasteiger partial charge in [-0.15, -0.1) is 0 Å². The maximum Gasteiger partial charge on any atom is 0.123 e. The molecule has 0 bridgehead atoms. The maximum absolute atomic E-state index is 12.9. The molecule has 1 heterocycles. The third-order valence-electron chi connectivity index (χ3n) is 2.17. The molecule has 1 aromatic heterocycles. The first kappa shape index (κ1) is 9.86. The van der Waals surface area contributed by atoms with Crippen molar-refractivity contribution in [1.82, 2.24) is 9.55 Å². The summed E-state index contributed by atoms with van der Waals surface area (Å²) in [4.78, 5) is 4.01. The van der Waals surface area contributed by atoms with Crippen LogP contribution in [0.3, 0.4) is 0 Å². The van der Waals surface area contributed by atoms with E-state index in [-0.39, 0.29) is 5.82 Å². The largest absolute Gasteiger partial charge is 0.382 e. The van der Waals surface area contributed by atoms with E-state index in [9.17, 15) is 9.50 Å². The number of aryl methyl sites for hydroxylation is 1. The van der Waals surface area contributed by atoms with E-state index in [0.29, 0.717) is 11.3 Å². The van der Waals surface area contributed by atoms with Crippen molar-refractivity contribution in [3.8, 4) is 0 Å². The topological polar surface area (TPSA) is 38.0 Å². The SMILES string of the molecule is Cn1cnc(C(O)c2cccc(F)c2)c1. The van der Waals surface area contributed by atoms with Crippen molar-refractivity contribution in [3.05, 3.63) is 53.9 Å². The van der Waals surface area contributed by atoms with Gasteiger partial charge < -0.3 is 9.67 Å². The maximum atomic E-state index is 12.9. The lowest BCUT2D eigenvalue weighted by atomic mass is 10.1. The zero-order valence-electron chi connectivity index (χ0n) is 8.26. The summed E-state index contributed by atoms with van der Waals surface area (Å²) in [5, 5.41) is 9.89. The van der Waals surface area contributed by atoms with E-state index in [0.717, 1.165) is 0 Å². The highest BCUT2D eigenvalue weighted by Gasteiger charge is 2.13. The molecule has 2 rings (SSSR count). The van der Waals surface area contributed by atoms with Crippen LogP contribution in [0.4, 0.5) is 4.39 Å². The number of rotatable bonds is 2. The molecular weight excluding hydrogens is 195 g/mol. The molecule has 0 aliphatic heterocycles. The van der Waals surface area contributed by atoms with Gasteiger partial charge >= 0.3 is 0 Å². The molecule has 4 heteroatoms. The smallest absolute Gasteiger partial charge is 0.123 e. The van der Waals surface area contributed by atoms with Crippen molar-refractivity contribution >= 4 is 0 Å². The van der Waals surface area contributed by atoms with Crippen LogP contribution >= 0.6 is 0 Å². The number of aliphatic hydroxyl groups is 1. The minimum absolute atomic E-state index is 0.359. The predicted molar refractivity (Wildman–Crippen MR) is 53.7 cm³/mol. The first-order valence-corrected chi connectivity index (χ1v) is 4.58. The normalized spacial score (nSPS) is 12.7. The van der Waals surface area contributed by atoms with Crippen molar-refractivity contribution < 1.29 is 9.50 Å². The molecule has 0 aliphatic rings. The number of aromatic nitrogens is 2. The van der Waals surface area contributed by atoms with E-state index in [1.807, 2.05) is 7.05 Å². The summed E-state index contributed by atoms with van der Waals surface area (Å²) in [5.74, 6) is -0.359. The highest BCUT2D eigenvalue weighted by molar-refractivity contribution is 5.25. The Labute approximate surface area is 86.8 Å². The molecule has 0 spiro atoms. The van der Waals surface area contributed by atoms with Gasteiger partial charge in [-0.3, -0.25) is 0 Å². The fraction of sp³-hybridized carbons (Fsp3) is 0.182. The van der Waals surface area contributed by atoms with Gasteiger partial charge in [-0.05, 0) is 17.7 Å². The molecule has 0 fully saturated rings. The van der Waals surface area contributed by atoms with Gasteiger partial charge in [0.25, 0.3) is 0 Å². The summed E-state index contributed by atoms with van der Waals surface area (Å²) in [7, 11) is 1.81. The summed E-state index contributed by atoms with van der Waals surface area (Å²) in [5.41, 5.74) is 1.02. The van der Waals surface area contributed by atoms with E-state index in [2.05, 4.69) is 4.98 Å². The molecule has 0 saturated carbocycles. The Morgan fingerprint density at radius 3 is 2.87 bits per heavy atom.